The van der Waals surface area contributed by atoms with Gasteiger partial charge in [0.25, 0.3) is 5.91 Å². The summed E-state index contributed by atoms with van der Waals surface area (Å²) in [5.74, 6) is -0.310. The molecule has 0 aliphatic heterocycles. The van der Waals surface area contributed by atoms with E-state index in [0.29, 0.717) is 23.1 Å². The summed E-state index contributed by atoms with van der Waals surface area (Å²) >= 11 is 13.1. The van der Waals surface area contributed by atoms with Crippen molar-refractivity contribution in [2.75, 3.05) is 18.1 Å². The van der Waals surface area contributed by atoms with Gasteiger partial charge in [-0.15, -0.1) is 11.8 Å². The van der Waals surface area contributed by atoms with Gasteiger partial charge < -0.3 is 15.2 Å². The summed E-state index contributed by atoms with van der Waals surface area (Å²) < 4.78 is 5.45. The van der Waals surface area contributed by atoms with Gasteiger partial charge in [0.05, 0.1) is 10.8 Å². The topological polar surface area (TPSA) is 75.6 Å². The highest BCUT2D eigenvalue weighted by Crippen LogP contribution is 2.32. The first-order valence-electron chi connectivity index (χ1n) is 6.09. The molecule has 1 atom stereocenters. The maximum atomic E-state index is 11.8. The molecule has 0 aliphatic rings. The van der Waals surface area contributed by atoms with Gasteiger partial charge in [-0.25, -0.2) is 0 Å². The van der Waals surface area contributed by atoms with Crippen molar-refractivity contribution in [2.24, 2.45) is 0 Å². The lowest BCUT2D eigenvalue weighted by atomic mass is 10.3. The summed E-state index contributed by atoms with van der Waals surface area (Å²) in [7, 11) is 0. The molecule has 1 aromatic rings. The van der Waals surface area contributed by atoms with Crippen LogP contribution in [-0.4, -0.2) is 41.1 Å². The van der Waals surface area contributed by atoms with Gasteiger partial charge in [-0.3, -0.25) is 9.59 Å². The third-order valence-corrected chi connectivity index (χ3v) is 4.11. The highest BCUT2D eigenvalue weighted by Gasteiger charge is 2.16. The third-order valence-electron chi connectivity index (χ3n) is 2.36. The van der Waals surface area contributed by atoms with Crippen LogP contribution in [0.25, 0.3) is 0 Å². The lowest BCUT2D eigenvalue weighted by Crippen LogP contribution is -2.37. The molecule has 21 heavy (non-hydrogen) atoms. The summed E-state index contributed by atoms with van der Waals surface area (Å²) in [5, 5.41) is 11.7. The number of carboxylic acids is 1. The van der Waals surface area contributed by atoms with Crippen molar-refractivity contribution in [3.63, 3.8) is 0 Å². The number of ether oxygens (including phenoxy) is 1. The lowest BCUT2D eigenvalue weighted by Gasteiger charge is -2.15. The van der Waals surface area contributed by atoms with E-state index in [1.807, 2.05) is 0 Å². The zero-order valence-electron chi connectivity index (χ0n) is 11.3. The van der Waals surface area contributed by atoms with E-state index in [0.717, 1.165) is 0 Å². The van der Waals surface area contributed by atoms with Crippen LogP contribution in [0.2, 0.25) is 10.0 Å². The predicted octanol–water partition coefficient (Wildman–Crippen LogP) is 2.69. The highest BCUT2D eigenvalue weighted by atomic mass is 35.5. The highest BCUT2D eigenvalue weighted by molar-refractivity contribution is 7.99. The smallest absolute Gasteiger partial charge is 0.313 e. The molecular weight excluding hydrogens is 337 g/mol. The van der Waals surface area contributed by atoms with E-state index in [1.165, 1.54) is 11.8 Å². The summed E-state index contributed by atoms with van der Waals surface area (Å²) in [6.45, 7) is 1.96. The Hall–Kier alpha value is -1.11. The van der Waals surface area contributed by atoms with E-state index in [1.54, 1.807) is 25.1 Å². The van der Waals surface area contributed by atoms with Gasteiger partial charge >= 0.3 is 5.97 Å². The Morgan fingerprint density at radius 2 is 2.14 bits per heavy atom. The summed E-state index contributed by atoms with van der Waals surface area (Å²) in [6, 6.07) is 4.93. The molecule has 1 unspecified atom stereocenters. The molecule has 0 saturated heterocycles. The molecule has 116 valence electrons. The first-order chi connectivity index (χ1) is 9.91. The lowest BCUT2D eigenvalue weighted by molar-refractivity contribution is -0.134. The number of carboxylic acid groups (broad SMARTS) is 1. The Kier molecular flexibility index (Phi) is 7.71. The first kappa shape index (κ1) is 17.9. The number of aliphatic carboxylic acids is 1. The molecule has 0 radical (unpaired) electrons. The molecule has 1 rings (SSSR count). The number of hydrogen-bond donors (Lipinski definition) is 2. The number of thioether (sulfide) groups is 1. The number of rotatable bonds is 8. The van der Waals surface area contributed by atoms with Crippen molar-refractivity contribution in [3.05, 3.63) is 28.2 Å². The Morgan fingerprint density at radius 3 is 2.81 bits per heavy atom. The Morgan fingerprint density at radius 1 is 1.43 bits per heavy atom. The molecular formula is C13H15Cl2NO4S. The average Bonchev–Trinajstić information content (AvgIpc) is 2.42. The van der Waals surface area contributed by atoms with Gasteiger partial charge in [0, 0.05) is 12.3 Å². The number of hydrogen-bond acceptors (Lipinski definition) is 4. The van der Waals surface area contributed by atoms with E-state index in [-0.39, 0.29) is 16.7 Å². The second-order valence-corrected chi connectivity index (χ2v) is 5.94. The first-order valence-corrected chi connectivity index (χ1v) is 8.00. The van der Waals surface area contributed by atoms with Gasteiger partial charge in [0.1, 0.15) is 10.8 Å². The van der Waals surface area contributed by atoms with Gasteiger partial charge in [-0.05, 0) is 19.1 Å². The van der Waals surface area contributed by atoms with Crippen molar-refractivity contribution >= 4 is 46.8 Å². The summed E-state index contributed by atoms with van der Waals surface area (Å²) in [5.41, 5.74) is 0. The number of benzene rings is 1. The number of halogens is 2. The van der Waals surface area contributed by atoms with Crippen molar-refractivity contribution in [3.8, 4) is 5.75 Å². The van der Waals surface area contributed by atoms with Crippen LogP contribution in [0.15, 0.2) is 18.2 Å². The van der Waals surface area contributed by atoms with E-state index < -0.39 is 12.1 Å². The van der Waals surface area contributed by atoms with Gasteiger partial charge in [0.2, 0.25) is 0 Å². The van der Waals surface area contributed by atoms with E-state index in [2.05, 4.69) is 5.32 Å². The van der Waals surface area contributed by atoms with Crippen LogP contribution in [0.1, 0.15) is 6.92 Å². The van der Waals surface area contributed by atoms with Crippen LogP contribution >= 0.6 is 35.0 Å². The molecule has 8 heteroatoms. The fraction of sp³-hybridized carbons (Fsp3) is 0.385. The standard InChI is InChI=1S/C13H15Cl2NO4S/c1-8(13(19)16-5-6-21-7-11(17)18)20-10-4-2-3-9(14)12(10)15/h2-4,8H,5-7H2,1H3,(H,16,19)(H,17,18). The third kappa shape index (κ3) is 6.46. The number of nitrogens with one attached hydrogen (secondary N) is 1. The van der Waals surface area contributed by atoms with Gasteiger partial charge in [-0.2, -0.15) is 0 Å². The van der Waals surface area contributed by atoms with Crippen LogP contribution in [-0.2, 0) is 9.59 Å². The zero-order chi connectivity index (χ0) is 15.8. The van der Waals surface area contributed by atoms with Crippen molar-refractivity contribution in [1.82, 2.24) is 5.32 Å². The maximum Gasteiger partial charge on any atom is 0.313 e. The average molecular weight is 352 g/mol. The minimum atomic E-state index is -0.876. The molecule has 5 nitrogen and oxygen atoms in total. The van der Waals surface area contributed by atoms with Gasteiger partial charge in [-0.1, -0.05) is 29.3 Å². The molecule has 0 aromatic heterocycles. The fourth-order valence-electron chi connectivity index (χ4n) is 1.37. The zero-order valence-corrected chi connectivity index (χ0v) is 13.6. The summed E-state index contributed by atoms with van der Waals surface area (Å²) in [6.07, 6.45) is -0.731. The van der Waals surface area contributed by atoms with Crippen molar-refractivity contribution < 1.29 is 19.4 Å². The molecule has 0 fully saturated rings. The second-order valence-electron chi connectivity index (χ2n) is 4.05. The minimum Gasteiger partial charge on any atom is -0.481 e. The molecule has 0 aliphatic carbocycles. The molecule has 1 amide bonds. The van der Waals surface area contributed by atoms with Crippen LogP contribution < -0.4 is 10.1 Å². The number of carbonyl (C=O) groups excluding carboxylic acids is 1. The monoisotopic (exact) mass is 351 g/mol. The number of amides is 1. The van der Waals surface area contributed by atoms with Crippen molar-refractivity contribution in [2.45, 2.75) is 13.0 Å². The second kappa shape index (κ2) is 9.02. The van der Waals surface area contributed by atoms with Crippen molar-refractivity contribution in [1.29, 1.82) is 0 Å². The largest absolute Gasteiger partial charge is 0.481 e. The normalized spacial score (nSPS) is 11.8. The molecule has 0 heterocycles. The van der Waals surface area contributed by atoms with Gasteiger partial charge in [0.15, 0.2) is 6.10 Å². The SMILES string of the molecule is CC(Oc1cccc(Cl)c1Cl)C(=O)NCCSCC(=O)O. The fourth-order valence-corrected chi connectivity index (χ4v) is 2.27. The Bertz CT molecular complexity index is 513. The molecule has 0 saturated carbocycles. The Labute approximate surface area is 136 Å². The van der Waals surface area contributed by atoms with E-state index >= 15 is 0 Å². The number of carbonyl (C=O) groups is 2. The molecule has 2 N–H and O–H groups in total. The molecule has 0 bridgehead atoms. The van der Waals surface area contributed by atoms with Crippen LogP contribution in [0.3, 0.4) is 0 Å². The van der Waals surface area contributed by atoms with Crippen LogP contribution in [0.5, 0.6) is 5.75 Å². The predicted molar refractivity (Wildman–Crippen MR) is 84.5 cm³/mol. The van der Waals surface area contributed by atoms with E-state index in [9.17, 15) is 9.59 Å². The van der Waals surface area contributed by atoms with Crippen LogP contribution in [0.4, 0.5) is 0 Å². The van der Waals surface area contributed by atoms with Crippen LogP contribution in [0, 0.1) is 0 Å². The quantitative estimate of drug-likeness (QED) is 0.704. The molecule has 0 spiro atoms. The maximum absolute atomic E-state index is 11.8. The summed E-state index contributed by atoms with van der Waals surface area (Å²) in [4.78, 5) is 22.1. The van der Waals surface area contributed by atoms with E-state index in [4.69, 9.17) is 33.0 Å². The minimum absolute atomic E-state index is 0.0139. The molecule has 1 aromatic carbocycles. The Balaban J connectivity index is 2.37.